The summed E-state index contributed by atoms with van der Waals surface area (Å²) in [5.74, 6) is 0.422. The van der Waals surface area contributed by atoms with Gasteiger partial charge < -0.3 is 14.8 Å². The number of carbonyl (C=O) groups excluding carboxylic acids is 1. The highest BCUT2D eigenvalue weighted by Crippen LogP contribution is 2.30. The monoisotopic (exact) mass is 309 g/mol. The molecular formula is C18H31NO3. The van der Waals surface area contributed by atoms with Crippen molar-refractivity contribution in [2.75, 3.05) is 13.2 Å². The molecule has 0 aliphatic carbocycles. The van der Waals surface area contributed by atoms with Crippen molar-refractivity contribution < 1.29 is 14.3 Å². The van der Waals surface area contributed by atoms with Crippen molar-refractivity contribution in [1.29, 1.82) is 0 Å². The third-order valence-electron chi connectivity index (χ3n) is 5.04. The number of rotatable bonds is 4. The van der Waals surface area contributed by atoms with Gasteiger partial charge in [-0.25, -0.2) is 0 Å². The van der Waals surface area contributed by atoms with Crippen molar-refractivity contribution in [3.8, 4) is 0 Å². The normalized spacial score (nSPS) is 35.2. The van der Waals surface area contributed by atoms with Crippen LogP contribution in [-0.4, -0.2) is 37.4 Å². The zero-order valence-electron chi connectivity index (χ0n) is 14.5. The SMILES string of the molecule is C=C1CC(CC(=O)NCC2CCC(C)(C)CO2)O[C@H](C)[C@@H]1C. The lowest BCUT2D eigenvalue weighted by molar-refractivity contribution is -0.128. The largest absolute Gasteiger partial charge is 0.376 e. The Balaban J connectivity index is 1.69. The maximum atomic E-state index is 12.1. The van der Waals surface area contributed by atoms with E-state index in [9.17, 15) is 4.79 Å². The standard InChI is InChI=1S/C18H31NO3/c1-12-8-16(22-14(3)13(12)2)9-17(20)19-10-15-6-7-18(4,5)11-21-15/h13-16H,1,6-11H2,2-5H3,(H,19,20)/t13-,14-,15?,16?/m1/s1. The maximum absolute atomic E-state index is 12.1. The molecule has 0 aromatic heterocycles. The summed E-state index contributed by atoms with van der Waals surface area (Å²) in [5.41, 5.74) is 1.46. The number of hydrogen-bond acceptors (Lipinski definition) is 3. The Hall–Kier alpha value is -0.870. The number of amides is 1. The minimum atomic E-state index is -0.0371. The minimum absolute atomic E-state index is 0.0371. The highest BCUT2D eigenvalue weighted by molar-refractivity contribution is 5.76. The Kier molecular flexibility index (Phi) is 5.67. The van der Waals surface area contributed by atoms with E-state index in [-0.39, 0.29) is 29.6 Å². The van der Waals surface area contributed by atoms with Gasteiger partial charge in [0.1, 0.15) is 0 Å². The van der Waals surface area contributed by atoms with Crippen molar-refractivity contribution in [3.63, 3.8) is 0 Å². The summed E-state index contributed by atoms with van der Waals surface area (Å²) in [5, 5.41) is 2.99. The smallest absolute Gasteiger partial charge is 0.222 e. The molecule has 0 aromatic rings. The summed E-state index contributed by atoms with van der Waals surface area (Å²) in [7, 11) is 0. The molecule has 2 saturated heterocycles. The van der Waals surface area contributed by atoms with Crippen LogP contribution in [0.5, 0.6) is 0 Å². The van der Waals surface area contributed by atoms with Gasteiger partial charge in [-0.1, -0.05) is 32.9 Å². The molecule has 0 radical (unpaired) electrons. The Morgan fingerprint density at radius 1 is 1.36 bits per heavy atom. The van der Waals surface area contributed by atoms with E-state index in [0.29, 0.717) is 18.9 Å². The van der Waals surface area contributed by atoms with E-state index < -0.39 is 0 Å². The molecule has 2 rings (SSSR count). The van der Waals surface area contributed by atoms with Gasteiger partial charge in [-0.3, -0.25) is 4.79 Å². The van der Waals surface area contributed by atoms with Gasteiger partial charge in [0.15, 0.2) is 0 Å². The second-order valence-electron chi connectivity index (χ2n) is 7.76. The third kappa shape index (κ3) is 4.82. The average molecular weight is 309 g/mol. The summed E-state index contributed by atoms with van der Waals surface area (Å²) in [6, 6.07) is 0. The van der Waals surface area contributed by atoms with Crippen molar-refractivity contribution >= 4 is 5.91 Å². The lowest BCUT2D eigenvalue weighted by Gasteiger charge is -2.35. The van der Waals surface area contributed by atoms with Crippen LogP contribution in [0.1, 0.15) is 53.4 Å². The molecule has 0 aromatic carbocycles. The molecular weight excluding hydrogens is 278 g/mol. The lowest BCUT2D eigenvalue weighted by atomic mass is 9.85. The summed E-state index contributed by atoms with van der Waals surface area (Å²) in [6.45, 7) is 14.1. The van der Waals surface area contributed by atoms with E-state index in [1.54, 1.807) is 0 Å². The van der Waals surface area contributed by atoms with Gasteiger partial charge in [-0.05, 0) is 31.6 Å². The fraction of sp³-hybridized carbons (Fsp3) is 0.833. The lowest BCUT2D eigenvalue weighted by Crippen LogP contribution is -2.41. The van der Waals surface area contributed by atoms with E-state index in [1.165, 1.54) is 5.57 Å². The van der Waals surface area contributed by atoms with E-state index in [1.807, 2.05) is 0 Å². The molecule has 2 aliphatic rings. The molecule has 22 heavy (non-hydrogen) atoms. The maximum Gasteiger partial charge on any atom is 0.222 e. The van der Waals surface area contributed by atoms with Crippen molar-refractivity contribution in [1.82, 2.24) is 5.32 Å². The Morgan fingerprint density at radius 3 is 2.68 bits per heavy atom. The first-order valence-electron chi connectivity index (χ1n) is 8.48. The van der Waals surface area contributed by atoms with Gasteiger partial charge in [0, 0.05) is 12.5 Å². The first-order chi connectivity index (χ1) is 10.3. The molecule has 126 valence electrons. The van der Waals surface area contributed by atoms with E-state index in [0.717, 1.165) is 25.9 Å². The van der Waals surface area contributed by atoms with Gasteiger partial charge in [0.2, 0.25) is 5.91 Å². The van der Waals surface area contributed by atoms with Crippen LogP contribution in [0.15, 0.2) is 12.2 Å². The van der Waals surface area contributed by atoms with Crippen molar-refractivity contribution in [2.24, 2.45) is 11.3 Å². The van der Waals surface area contributed by atoms with Crippen LogP contribution < -0.4 is 5.32 Å². The van der Waals surface area contributed by atoms with Crippen molar-refractivity contribution in [2.45, 2.75) is 71.7 Å². The van der Waals surface area contributed by atoms with Crippen LogP contribution in [0.4, 0.5) is 0 Å². The Bertz CT molecular complexity index is 409. The first kappa shape index (κ1) is 17.5. The number of carbonyl (C=O) groups is 1. The zero-order valence-corrected chi connectivity index (χ0v) is 14.5. The molecule has 1 amide bonds. The predicted molar refractivity (Wildman–Crippen MR) is 87.6 cm³/mol. The van der Waals surface area contributed by atoms with Gasteiger partial charge in [-0.15, -0.1) is 0 Å². The molecule has 0 saturated carbocycles. The molecule has 4 atom stereocenters. The second kappa shape index (κ2) is 7.14. The molecule has 4 heteroatoms. The third-order valence-corrected chi connectivity index (χ3v) is 5.04. The van der Waals surface area contributed by atoms with E-state index in [4.69, 9.17) is 9.47 Å². The fourth-order valence-electron chi connectivity index (χ4n) is 3.12. The Morgan fingerprint density at radius 2 is 2.09 bits per heavy atom. The van der Waals surface area contributed by atoms with Crippen LogP contribution in [-0.2, 0) is 14.3 Å². The summed E-state index contributed by atoms with van der Waals surface area (Å²) in [6.07, 6.45) is 3.61. The van der Waals surface area contributed by atoms with Crippen LogP contribution in [0.2, 0.25) is 0 Å². The van der Waals surface area contributed by atoms with Crippen LogP contribution in [0.25, 0.3) is 0 Å². The average Bonchev–Trinajstić information content (AvgIpc) is 2.43. The first-order valence-corrected chi connectivity index (χ1v) is 8.48. The molecule has 4 nitrogen and oxygen atoms in total. The summed E-state index contributed by atoms with van der Waals surface area (Å²) in [4.78, 5) is 12.1. The van der Waals surface area contributed by atoms with E-state index in [2.05, 4.69) is 39.6 Å². The molecule has 2 fully saturated rings. The topological polar surface area (TPSA) is 47.6 Å². The van der Waals surface area contributed by atoms with E-state index >= 15 is 0 Å². The summed E-state index contributed by atoms with van der Waals surface area (Å²) >= 11 is 0. The molecule has 1 N–H and O–H groups in total. The highest BCUT2D eigenvalue weighted by atomic mass is 16.5. The zero-order chi connectivity index (χ0) is 16.3. The molecule has 2 aliphatic heterocycles. The summed E-state index contributed by atoms with van der Waals surface area (Å²) < 4.78 is 11.7. The van der Waals surface area contributed by atoms with Crippen LogP contribution >= 0.6 is 0 Å². The number of hydrogen-bond donors (Lipinski definition) is 1. The number of ether oxygens (including phenoxy) is 2. The molecule has 0 bridgehead atoms. The predicted octanol–water partition coefficient (Wildman–Crippen LogP) is 3.07. The van der Waals surface area contributed by atoms with Gasteiger partial charge >= 0.3 is 0 Å². The van der Waals surface area contributed by atoms with Crippen molar-refractivity contribution in [3.05, 3.63) is 12.2 Å². The van der Waals surface area contributed by atoms with Gasteiger partial charge in [0.25, 0.3) is 0 Å². The van der Waals surface area contributed by atoms with Crippen LogP contribution in [0.3, 0.4) is 0 Å². The molecule has 0 spiro atoms. The second-order valence-corrected chi connectivity index (χ2v) is 7.76. The highest BCUT2D eigenvalue weighted by Gasteiger charge is 2.30. The van der Waals surface area contributed by atoms with Gasteiger partial charge in [0.05, 0.1) is 31.3 Å². The van der Waals surface area contributed by atoms with Crippen LogP contribution in [0, 0.1) is 11.3 Å². The van der Waals surface area contributed by atoms with Gasteiger partial charge in [-0.2, -0.15) is 0 Å². The molecule has 2 unspecified atom stereocenters. The Labute approximate surface area is 134 Å². The quantitative estimate of drug-likeness (QED) is 0.812. The minimum Gasteiger partial charge on any atom is -0.376 e. The fourth-order valence-corrected chi connectivity index (χ4v) is 3.12. The molecule has 2 heterocycles. The number of nitrogens with one attached hydrogen (secondary N) is 1.